The zero-order chi connectivity index (χ0) is 28.2. The van der Waals surface area contributed by atoms with Crippen LogP contribution in [0.5, 0.6) is 5.75 Å². The fourth-order valence-electron chi connectivity index (χ4n) is 5.56. The predicted molar refractivity (Wildman–Crippen MR) is 162 cm³/mol. The van der Waals surface area contributed by atoms with Crippen molar-refractivity contribution in [3.8, 4) is 17.1 Å². The maximum absolute atomic E-state index is 12.9. The lowest BCUT2D eigenvalue weighted by molar-refractivity contribution is 0.0954. The van der Waals surface area contributed by atoms with Crippen molar-refractivity contribution in [2.24, 2.45) is 0 Å². The molecule has 0 bridgehead atoms. The second-order valence-corrected chi connectivity index (χ2v) is 11.2. The number of thiazole rings is 1. The Morgan fingerprint density at radius 2 is 2.05 bits per heavy atom. The molecule has 0 spiro atoms. The topological polar surface area (TPSA) is 135 Å². The first-order valence-corrected chi connectivity index (χ1v) is 14.7. The minimum atomic E-state index is -0.119. The third kappa shape index (κ3) is 5.83. The van der Waals surface area contributed by atoms with Crippen molar-refractivity contribution in [3.63, 3.8) is 0 Å². The van der Waals surface area contributed by atoms with Gasteiger partial charge in [0, 0.05) is 46.8 Å². The van der Waals surface area contributed by atoms with Crippen molar-refractivity contribution >= 4 is 44.3 Å². The molecule has 1 saturated carbocycles. The molecular weight excluding hydrogens is 536 g/mol. The van der Waals surface area contributed by atoms with Crippen LogP contribution in [0.15, 0.2) is 77.2 Å². The Labute approximate surface area is 241 Å². The number of nitrogen functional groups attached to an aromatic ring is 1. The molecule has 7 rings (SSSR count). The number of furan rings is 1. The molecule has 0 radical (unpaired) electrons. The highest BCUT2D eigenvalue weighted by molar-refractivity contribution is 7.13. The van der Waals surface area contributed by atoms with Crippen LogP contribution in [0.25, 0.3) is 33.3 Å². The van der Waals surface area contributed by atoms with Crippen LogP contribution in [0.3, 0.4) is 0 Å². The van der Waals surface area contributed by atoms with Crippen LogP contribution in [-0.4, -0.2) is 37.1 Å². The van der Waals surface area contributed by atoms with E-state index in [1.807, 2.05) is 41.9 Å². The first kappa shape index (κ1) is 26.6. The van der Waals surface area contributed by atoms with E-state index in [2.05, 4.69) is 19.9 Å². The number of imidazole rings is 1. The number of rotatable bonds is 6. The van der Waals surface area contributed by atoms with E-state index < -0.39 is 0 Å². The van der Waals surface area contributed by atoms with Crippen LogP contribution < -0.4 is 11.1 Å². The Balaban J connectivity index is 0.000000449. The maximum Gasteiger partial charge on any atom is 0.251 e. The molecule has 5 N–H and O–H groups in total. The van der Waals surface area contributed by atoms with Gasteiger partial charge in [-0.05, 0) is 67.3 Å². The zero-order valence-corrected chi connectivity index (χ0v) is 23.4. The molecule has 4 heterocycles. The Hall–Kier alpha value is -4.57. The van der Waals surface area contributed by atoms with Gasteiger partial charge < -0.3 is 30.1 Å². The standard InChI is InChI=1S/C28H28N4O3.C3H4N2S/c33-22-7-8-24-23(15-22)19(16-30-24)10-12-29-28(34)18-6-9-26-25(14-18)31-27(20-11-13-35-17-20)32(26)21-4-2-1-3-5-21;4-3-5-1-2-6-3/h6-9,11,13-17,21,30,33H,1-5,10,12H2,(H,29,34);1-2H,(H2,4,5). The van der Waals surface area contributed by atoms with Gasteiger partial charge in [0.15, 0.2) is 5.13 Å². The largest absolute Gasteiger partial charge is 0.508 e. The summed E-state index contributed by atoms with van der Waals surface area (Å²) in [5, 5.41) is 16.3. The summed E-state index contributed by atoms with van der Waals surface area (Å²) >= 11 is 1.44. The quantitative estimate of drug-likeness (QED) is 0.177. The molecule has 10 heteroatoms. The summed E-state index contributed by atoms with van der Waals surface area (Å²) in [6.45, 7) is 0.496. The van der Waals surface area contributed by atoms with Gasteiger partial charge in [0.1, 0.15) is 17.8 Å². The van der Waals surface area contributed by atoms with E-state index >= 15 is 0 Å². The number of nitrogens with zero attached hydrogens (tertiary/aromatic N) is 3. The van der Waals surface area contributed by atoms with E-state index in [1.165, 1.54) is 30.6 Å². The number of hydrogen-bond acceptors (Lipinski definition) is 7. The average molecular weight is 569 g/mol. The van der Waals surface area contributed by atoms with E-state index in [0.29, 0.717) is 29.7 Å². The van der Waals surface area contributed by atoms with Crippen molar-refractivity contribution in [2.45, 2.75) is 44.6 Å². The smallest absolute Gasteiger partial charge is 0.251 e. The van der Waals surface area contributed by atoms with Gasteiger partial charge in [0.25, 0.3) is 5.91 Å². The fourth-order valence-corrected chi connectivity index (χ4v) is 5.95. The van der Waals surface area contributed by atoms with Crippen LogP contribution in [0.1, 0.15) is 54.1 Å². The van der Waals surface area contributed by atoms with Gasteiger partial charge in [-0.3, -0.25) is 4.79 Å². The summed E-state index contributed by atoms with van der Waals surface area (Å²) < 4.78 is 7.68. The highest BCUT2D eigenvalue weighted by Crippen LogP contribution is 2.36. The number of aromatic hydroxyl groups is 1. The number of phenols is 1. The van der Waals surface area contributed by atoms with Gasteiger partial charge >= 0.3 is 0 Å². The van der Waals surface area contributed by atoms with Crippen LogP contribution in [0, 0.1) is 0 Å². The minimum absolute atomic E-state index is 0.119. The minimum Gasteiger partial charge on any atom is -0.508 e. The van der Waals surface area contributed by atoms with E-state index in [0.717, 1.165) is 51.7 Å². The monoisotopic (exact) mass is 568 g/mol. The second kappa shape index (κ2) is 11.9. The number of nitrogens with one attached hydrogen (secondary N) is 2. The normalized spacial score (nSPS) is 13.8. The van der Waals surface area contributed by atoms with Crippen molar-refractivity contribution in [1.82, 2.24) is 24.8 Å². The summed E-state index contributed by atoms with van der Waals surface area (Å²) in [5.74, 6) is 1.02. The number of carbonyl (C=O) groups is 1. The number of amides is 1. The maximum atomic E-state index is 12.9. The van der Waals surface area contributed by atoms with Crippen LogP contribution in [0.4, 0.5) is 5.13 Å². The molecule has 6 aromatic rings. The molecule has 41 heavy (non-hydrogen) atoms. The Morgan fingerprint density at radius 3 is 2.78 bits per heavy atom. The molecule has 0 saturated heterocycles. The number of carbonyl (C=O) groups excluding carboxylic acids is 1. The number of nitrogens with two attached hydrogens (primary N) is 1. The summed E-state index contributed by atoms with van der Waals surface area (Å²) in [7, 11) is 0. The number of hydrogen-bond donors (Lipinski definition) is 4. The molecule has 2 aromatic carbocycles. The van der Waals surface area contributed by atoms with Crippen molar-refractivity contribution in [2.75, 3.05) is 12.3 Å². The van der Waals surface area contributed by atoms with E-state index in [4.69, 9.17) is 15.1 Å². The number of H-pyrrole nitrogens is 1. The molecule has 0 aliphatic heterocycles. The molecule has 1 fully saturated rings. The summed E-state index contributed by atoms with van der Waals surface area (Å²) in [6.07, 6.45) is 13.7. The lowest BCUT2D eigenvalue weighted by atomic mass is 9.95. The van der Waals surface area contributed by atoms with Gasteiger partial charge in [0.2, 0.25) is 0 Å². The van der Waals surface area contributed by atoms with Crippen LogP contribution >= 0.6 is 11.3 Å². The molecule has 0 unspecified atom stereocenters. The Morgan fingerprint density at radius 1 is 1.17 bits per heavy atom. The highest BCUT2D eigenvalue weighted by Gasteiger charge is 2.23. The lowest BCUT2D eigenvalue weighted by Gasteiger charge is -2.25. The summed E-state index contributed by atoms with van der Waals surface area (Å²) in [4.78, 5) is 24.8. The number of aromatic amines is 1. The van der Waals surface area contributed by atoms with Crippen molar-refractivity contribution < 1.29 is 14.3 Å². The number of aromatic nitrogens is 4. The van der Waals surface area contributed by atoms with Gasteiger partial charge in [-0.15, -0.1) is 11.3 Å². The third-order valence-electron chi connectivity index (χ3n) is 7.55. The van der Waals surface area contributed by atoms with Gasteiger partial charge in [-0.25, -0.2) is 9.97 Å². The Bertz CT molecular complexity index is 1750. The number of anilines is 1. The molecule has 0 atom stereocenters. The van der Waals surface area contributed by atoms with Gasteiger partial charge in [-0.2, -0.15) is 0 Å². The summed E-state index contributed by atoms with van der Waals surface area (Å²) in [6, 6.07) is 13.4. The molecular formula is C31H32N6O3S. The molecule has 4 aromatic heterocycles. The third-order valence-corrected chi connectivity index (χ3v) is 8.16. The molecule has 1 amide bonds. The Kier molecular flexibility index (Phi) is 7.73. The van der Waals surface area contributed by atoms with Crippen LogP contribution in [-0.2, 0) is 6.42 Å². The fraction of sp³-hybridized carbons (Fsp3) is 0.258. The molecule has 9 nitrogen and oxygen atoms in total. The zero-order valence-electron chi connectivity index (χ0n) is 22.5. The molecule has 1 aliphatic rings. The number of phenolic OH excluding ortho intramolecular Hbond substituents is 1. The lowest BCUT2D eigenvalue weighted by Crippen LogP contribution is -2.25. The predicted octanol–water partition coefficient (Wildman–Crippen LogP) is 6.69. The van der Waals surface area contributed by atoms with E-state index in [-0.39, 0.29) is 11.7 Å². The summed E-state index contributed by atoms with van der Waals surface area (Å²) in [5.41, 5.74) is 10.7. The first-order chi connectivity index (χ1) is 20.1. The number of benzene rings is 2. The van der Waals surface area contributed by atoms with Gasteiger partial charge in [0.05, 0.1) is 22.9 Å². The first-order valence-electron chi connectivity index (χ1n) is 13.8. The molecule has 210 valence electrons. The van der Waals surface area contributed by atoms with Crippen LogP contribution in [0.2, 0.25) is 0 Å². The van der Waals surface area contributed by atoms with E-state index in [9.17, 15) is 9.90 Å². The van der Waals surface area contributed by atoms with E-state index in [1.54, 1.807) is 30.9 Å². The molecule has 1 aliphatic carbocycles. The average Bonchev–Trinajstić information content (AvgIpc) is 3.80. The highest BCUT2D eigenvalue weighted by atomic mass is 32.1. The number of fused-ring (bicyclic) bond motifs is 2. The van der Waals surface area contributed by atoms with Gasteiger partial charge in [-0.1, -0.05) is 19.3 Å². The SMILES string of the molecule is Nc1nccs1.O=C(NCCc1c[nH]c2ccc(O)cc12)c1ccc2c(c1)nc(-c1ccoc1)n2C1CCCCC1. The second-order valence-electron chi connectivity index (χ2n) is 10.2. The van der Waals surface area contributed by atoms with Crippen molar-refractivity contribution in [1.29, 1.82) is 0 Å². The van der Waals surface area contributed by atoms with Crippen molar-refractivity contribution in [3.05, 3.63) is 83.9 Å².